The molecule has 1 aliphatic carbocycles. The van der Waals surface area contributed by atoms with Crippen molar-refractivity contribution in [1.82, 2.24) is 5.32 Å². The Morgan fingerprint density at radius 2 is 1.83 bits per heavy atom. The summed E-state index contributed by atoms with van der Waals surface area (Å²) in [5.74, 6) is 0.214. The van der Waals surface area contributed by atoms with Crippen LogP contribution in [0.4, 0.5) is 5.69 Å². The first-order chi connectivity index (χ1) is 11.5. The van der Waals surface area contributed by atoms with Gasteiger partial charge in [0.25, 0.3) is 5.91 Å². The Hall–Kier alpha value is -1.89. The van der Waals surface area contributed by atoms with Crippen molar-refractivity contribution in [3.63, 3.8) is 0 Å². The number of benzene rings is 2. The number of carbonyl (C=O) groups excluding carboxylic acids is 2. The molecule has 5 heteroatoms. The van der Waals surface area contributed by atoms with Gasteiger partial charge in [-0.05, 0) is 83.8 Å². The van der Waals surface area contributed by atoms with Crippen LogP contribution in [0.15, 0.2) is 42.5 Å². The van der Waals surface area contributed by atoms with Crippen LogP contribution in [0.5, 0.6) is 0 Å². The number of hydrogen-bond donors (Lipinski definition) is 2. The lowest BCUT2D eigenvalue weighted by Gasteiger charge is -2.09. The lowest BCUT2D eigenvalue weighted by molar-refractivity contribution is -0.122. The summed E-state index contributed by atoms with van der Waals surface area (Å²) in [6.07, 6.45) is 2.01. The second-order valence-corrected chi connectivity index (χ2v) is 7.35. The van der Waals surface area contributed by atoms with E-state index in [1.807, 2.05) is 37.3 Å². The first-order valence-corrected chi connectivity index (χ1v) is 9.05. The van der Waals surface area contributed by atoms with E-state index >= 15 is 0 Å². The van der Waals surface area contributed by atoms with Gasteiger partial charge in [-0.1, -0.05) is 12.1 Å². The Morgan fingerprint density at radius 3 is 2.46 bits per heavy atom. The monoisotopic (exact) mass is 434 g/mol. The summed E-state index contributed by atoms with van der Waals surface area (Å²) in [6.45, 7) is 2.48. The highest BCUT2D eigenvalue weighted by atomic mass is 127. The summed E-state index contributed by atoms with van der Waals surface area (Å²) < 4.78 is 1.14. The smallest absolute Gasteiger partial charge is 0.255 e. The molecule has 2 amide bonds. The molecule has 24 heavy (non-hydrogen) atoms. The molecule has 0 saturated heterocycles. The normalized spacial score (nSPS) is 13.4. The molecular formula is C19H19IN2O2. The number of amides is 2. The van der Waals surface area contributed by atoms with Crippen LogP contribution in [0.2, 0.25) is 0 Å². The average Bonchev–Trinajstić information content (AvgIpc) is 3.40. The predicted octanol–water partition coefficient (Wildman–Crippen LogP) is 3.88. The third-order valence-corrected chi connectivity index (χ3v) is 4.74. The van der Waals surface area contributed by atoms with E-state index in [0.717, 1.165) is 33.2 Å². The van der Waals surface area contributed by atoms with E-state index in [9.17, 15) is 9.59 Å². The van der Waals surface area contributed by atoms with Gasteiger partial charge in [0.1, 0.15) is 0 Å². The highest BCUT2D eigenvalue weighted by Gasteiger charge is 2.29. The van der Waals surface area contributed by atoms with Gasteiger partial charge in [-0.25, -0.2) is 0 Å². The number of anilines is 1. The fraction of sp³-hybridized carbons (Fsp3) is 0.263. The van der Waals surface area contributed by atoms with Crippen LogP contribution in [0.3, 0.4) is 0 Å². The van der Waals surface area contributed by atoms with Crippen LogP contribution >= 0.6 is 22.6 Å². The fourth-order valence-corrected chi connectivity index (χ4v) is 3.06. The van der Waals surface area contributed by atoms with E-state index in [4.69, 9.17) is 0 Å². The van der Waals surface area contributed by atoms with Crippen molar-refractivity contribution in [3.05, 3.63) is 62.7 Å². The highest BCUT2D eigenvalue weighted by molar-refractivity contribution is 14.1. The fourth-order valence-electron chi connectivity index (χ4n) is 2.41. The van der Waals surface area contributed by atoms with Gasteiger partial charge in [-0.2, -0.15) is 0 Å². The van der Waals surface area contributed by atoms with Gasteiger partial charge in [0.2, 0.25) is 5.91 Å². The molecule has 2 aromatic carbocycles. The van der Waals surface area contributed by atoms with Gasteiger partial charge < -0.3 is 10.6 Å². The topological polar surface area (TPSA) is 58.2 Å². The van der Waals surface area contributed by atoms with Gasteiger partial charge >= 0.3 is 0 Å². The molecule has 0 aromatic heterocycles. The Bertz CT molecular complexity index is 767. The second-order valence-electron chi connectivity index (χ2n) is 6.10. The molecule has 4 nitrogen and oxygen atoms in total. The van der Waals surface area contributed by atoms with Crippen LogP contribution in [0.1, 0.15) is 34.3 Å². The van der Waals surface area contributed by atoms with Crippen LogP contribution in [-0.4, -0.2) is 11.8 Å². The third-order valence-electron chi connectivity index (χ3n) is 4.07. The zero-order valence-electron chi connectivity index (χ0n) is 13.4. The zero-order valence-corrected chi connectivity index (χ0v) is 15.6. The second kappa shape index (κ2) is 7.34. The molecule has 0 atom stereocenters. The van der Waals surface area contributed by atoms with Gasteiger partial charge in [0, 0.05) is 27.3 Å². The summed E-state index contributed by atoms with van der Waals surface area (Å²) in [7, 11) is 0. The van der Waals surface area contributed by atoms with Gasteiger partial charge in [-0.15, -0.1) is 0 Å². The standard InChI is InChI=1S/C19H19IN2O2/c1-12-10-16(20)8-9-17(12)22-19(24)15-4-2-13(3-5-15)11-21-18(23)14-6-7-14/h2-5,8-10,14H,6-7,11H2,1H3,(H,21,23)(H,22,24). The summed E-state index contributed by atoms with van der Waals surface area (Å²) in [6, 6.07) is 13.2. The van der Waals surface area contributed by atoms with Crippen molar-refractivity contribution >= 4 is 40.1 Å². The molecule has 1 aliphatic rings. The van der Waals surface area contributed by atoms with Crippen molar-refractivity contribution in [3.8, 4) is 0 Å². The van der Waals surface area contributed by atoms with Crippen LogP contribution in [0, 0.1) is 16.4 Å². The summed E-state index contributed by atoms with van der Waals surface area (Å²) >= 11 is 2.25. The van der Waals surface area contributed by atoms with Crippen LogP contribution < -0.4 is 10.6 Å². The Kier molecular flexibility index (Phi) is 5.18. The minimum atomic E-state index is -0.132. The number of rotatable bonds is 5. The van der Waals surface area contributed by atoms with Gasteiger partial charge in [0.05, 0.1) is 0 Å². The maximum atomic E-state index is 12.3. The molecule has 1 saturated carbocycles. The molecule has 2 aromatic rings. The molecular weight excluding hydrogens is 415 g/mol. The summed E-state index contributed by atoms with van der Waals surface area (Å²) in [5.41, 5.74) is 3.45. The predicted molar refractivity (Wildman–Crippen MR) is 103 cm³/mol. The average molecular weight is 434 g/mol. The van der Waals surface area contributed by atoms with E-state index in [0.29, 0.717) is 12.1 Å². The maximum Gasteiger partial charge on any atom is 0.255 e. The lowest BCUT2D eigenvalue weighted by Crippen LogP contribution is -2.24. The number of nitrogens with one attached hydrogen (secondary N) is 2. The number of aryl methyl sites for hydroxylation is 1. The zero-order chi connectivity index (χ0) is 17.1. The molecule has 2 N–H and O–H groups in total. The SMILES string of the molecule is Cc1cc(I)ccc1NC(=O)c1ccc(CNC(=O)C2CC2)cc1. The summed E-state index contributed by atoms with van der Waals surface area (Å²) in [4.78, 5) is 24.0. The molecule has 0 spiro atoms. The lowest BCUT2D eigenvalue weighted by atomic mass is 10.1. The molecule has 0 unspecified atom stereocenters. The minimum absolute atomic E-state index is 0.131. The van der Waals surface area contributed by atoms with Crippen molar-refractivity contribution in [2.75, 3.05) is 5.32 Å². The first kappa shape index (κ1) is 17.0. The van der Waals surface area contributed by atoms with Crippen LogP contribution in [-0.2, 0) is 11.3 Å². The molecule has 3 rings (SSSR count). The van der Waals surface area contributed by atoms with Gasteiger partial charge in [0.15, 0.2) is 0 Å². The largest absolute Gasteiger partial charge is 0.352 e. The molecule has 1 fully saturated rings. The van der Waals surface area contributed by atoms with Crippen molar-refractivity contribution < 1.29 is 9.59 Å². The minimum Gasteiger partial charge on any atom is -0.352 e. The van der Waals surface area contributed by atoms with Crippen LogP contribution in [0.25, 0.3) is 0 Å². The highest BCUT2D eigenvalue weighted by Crippen LogP contribution is 2.28. The third kappa shape index (κ3) is 4.35. The van der Waals surface area contributed by atoms with E-state index in [-0.39, 0.29) is 17.7 Å². The first-order valence-electron chi connectivity index (χ1n) is 7.97. The molecule has 0 aliphatic heterocycles. The van der Waals surface area contributed by atoms with E-state index in [1.165, 1.54) is 0 Å². The molecule has 124 valence electrons. The van der Waals surface area contributed by atoms with E-state index < -0.39 is 0 Å². The quantitative estimate of drug-likeness (QED) is 0.702. The van der Waals surface area contributed by atoms with E-state index in [1.54, 1.807) is 12.1 Å². The number of carbonyl (C=O) groups is 2. The molecule has 0 heterocycles. The Balaban J connectivity index is 1.59. The molecule has 0 radical (unpaired) electrons. The number of hydrogen-bond acceptors (Lipinski definition) is 2. The Labute approximate surface area is 155 Å². The van der Waals surface area contributed by atoms with Gasteiger partial charge in [-0.3, -0.25) is 9.59 Å². The van der Waals surface area contributed by atoms with Crippen molar-refractivity contribution in [2.45, 2.75) is 26.3 Å². The van der Waals surface area contributed by atoms with E-state index in [2.05, 4.69) is 33.2 Å². The maximum absolute atomic E-state index is 12.3. The summed E-state index contributed by atoms with van der Waals surface area (Å²) in [5, 5.41) is 5.86. The Morgan fingerprint density at radius 1 is 1.12 bits per heavy atom. The van der Waals surface area contributed by atoms with Crippen molar-refractivity contribution in [2.24, 2.45) is 5.92 Å². The number of halogens is 1. The van der Waals surface area contributed by atoms with Crippen molar-refractivity contribution in [1.29, 1.82) is 0 Å². The molecule has 0 bridgehead atoms.